The second-order valence-corrected chi connectivity index (χ2v) is 7.96. The van der Waals surface area contributed by atoms with Gasteiger partial charge in [-0.15, -0.1) is 0 Å². The van der Waals surface area contributed by atoms with Crippen LogP contribution in [0.3, 0.4) is 0 Å². The van der Waals surface area contributed by atoms with Gasteiger partial charge in [-0.1, -0.05) is 18.7 Å². The van der Waals surface area contributed by atoms with Crippen molar-refractivity contribution in [2.45, 2.75) is 6.92 Å². The summed E-state index contributed by atoms with van der Waals surface area (Å²) in [6, 6.07) is 6.22. The summed E-state index contributed by atoms with van der Waals surface area (Å²) in [7, 11) is 2.16. The molecule has 8 heteroatoms. The number of allylic oxidation sites excluding steroid dienone is 2. The van der Waals surface area contributed by atoms with Crippen LogP contribution >= 0.6 is 0 Å². The standard InChI is InChI=1S/C23H26N8/c1-4-5-20(31-10-8-30(3)9-11-31)21-15(2)26-23(27-21)22-18-12-16(17-13-24-25-14-17)6-7-19(18)28-29-22/h4-7,12-14H,1,8-11H2,2-3H3,(H,24,25)(H,26,27)(H,28,29)/b20-5+. The first-order valence-electron chi connectivity index (χ1n) is 10.4. The van der Waals surface area contributed by atoms with Gasteiger partial charge < -0.3 is 14.8 Å². The zero-order valence-corrected chi connectivity index (χ0v) is 17.8. The maximum atomic E-state index is 4.98. The average Bonchev–Trinajstić information content (AvgIpc) is 3.52. The van der Waals surface area contributed by atoms with E-state index in [1.165, 1.54) is 0 Å². The lowest BCUT2D eigenvalue weighted by Crippen LogP contribution is -2.43. The quantitative estimate of drug-likeness (QED) is 0.435. The summed E-state index contributed by atoms with van der Waals surface area (Å²) in [5, 5.41) is 15.6. The molecule has 1 saturated heterocycles. The topological polar surface area (TPSA) is 92.5 Å². The van der Waals surface area contributed by atoms with Crippen molar-refractivity contribution >= 4 is 16.6 Å². The number of likely N-dealkylation sites (N-methyl/N-ethyl adjacent to an activating group) is 1. The van der Waals surface area contributed by atoms with E-state index in [0.717, 1.165) is 76.8 Å². The zero-order chi connectivity index (χ0) is 21.4. The molecule has 8 nitrogen and oxygen atoms in total. The Morgan fingerprint density at radius 1 is 1.16 bits per heavy atom. The highest BCUT2D eigenvalue weighted by Crippen LogP contribution is 2.31. The monoisotopic (exact) mass is 414 g/mol. The van der Waals surface area contributed by atoms with E-state index >= 15 is 0 Å². The molecular formula is C23H26N8. The van der Waals surface area contributed by atoms with Crippen LogP contribution < -0.4 is 0 Å². The molecule has 0 spiro atoms. The molecule has 1 fully saturated rings. The van der Waals surface area contributed by atoms with Gasteiger partial charge in [-0.2, -0.15) is 10.2 Å². The summed E-state index contributed by atoms with van der Waals surface area (Å²) in [6.07, 6.45) is 7.59. The molecule has 4 heterocycles. The highest BCUT2D eigenvalue weighted by atomic mass is 15.3. The lowest BCUT2D eigenvalue weighted by Gasteiger charge is -2.35. The van der Waals surface area contributed by atoms with Crippen LogP contribution in [-0.4, -0.2) is 73.4 Å². The molecule has 0 bridgehead atoms. The summed E-state index contributed by atoms with van der Waals surface area (Å²) < 4.78 is 0. The number of imidazole rings is 1. The second kappa shape index (κ2) is 7.88. The van der Waals surface area contributed by atoms with E-state index in [-0.39, 0.29) is 0 Å². The maximum Gasteiger partial charge on any atom is 0.159 e. The third-order valence-corrected chi connectivity index (χ3v) is 5.87. The van der Waals surface area contributed by atoms with Gasteiger partial charge in [0.25, 0.3) is 0 Å². The van der Waals surface area contributed by atoms with E-state index in [1.807, 2.05) is 24.5 Å². The lowest BCUT2D eigenvalue weighted by atomic mass is 10.1. The molecule has 0 atom stereocenters. The molecule has 1 aromatic carbocycles. The van der Waals surface area contributed by atoms with Crippen molar-refractivity contribution in [2.24, 2.45) is 0 Å². The molecule has 0 aliphatic carbocycles. The van der Waals surface area contributed by atoms with Gasteiger partial charge in [0.05, 0.1) is 17.4 Å². The van der Waals surface area contributed by atoms with Gasteiger partial charge in [0.1, 0.15) is 11.4 Å². The van der Waals surface area contributed by atoms with Crippen LogP contribution in [0.5, 0.6) is 0 Å². The number of benzene rings is 1. The number of fused-ring (bicyclic) bond motifs is 1. The molecule has 0 unspecified atom stereocenters. The second-order valence-electron chi connectivity index (χ2n) is 7.96. The Hall–Kier alpha value is -3.65. The molecule has 3 N–H and O–H groups in total. The Morgan fingerprint density at radius 2 is 2.00 bits per heavy atom. The Bertz CT molecular complexity index is 1240. The van der Waals surface area contributed by atoms with Crippen LogP contribution in [0.25, 0.3) is 39.2 Å². The number of rotatable bonds is 5. The number of aromatic amines is 3. The smallest absolute Gasteiger partial charge is 0.159 e. The summed E-state index contributed by atoms with van der Waals surface area (Å²) in [6.45, 7) is 9.99. The van der Waals surface area contributed by atoms with Crippen molar-refractivity contribution in [2.75, 3.05) is 33.2 Å². The van der Waals surface area contributed by atoms with E-state index in [2.05, 4.69) is 73.9 Å². The first kappa shape index (κ1) is 19.3. The van der Waals surface area contributed by atoms with Crippen LogP contribution in [0.4, 0.5) is 0 Å². The number of aryl methyl sites for hydroxylation is 1. The van der Waals surface area contributed by atoms with Gasteiger partial charge >= 0.3 is 0 Å². The number of nitrogens with one attached hydrogen (secondary N) is 3. The van der Waals surface area contributed by atoms with Gasteiger partial charge in [-0.3, -0.25) is 10.2 Å². The molecule has 0 radical (unpaired) electrons. The van der Waals surface area contributed by atoms with Crippen molar-refractivity contribution in [3.8, 4) is 22.6 Å². The van der Waals surface area contributed by atoms with E-state index < -0.39 is 0 Å². The highest BCUT2D eigenvalue weighted by molar-refractivity contribution is 5.94. The molecule has 0 saturated carbocycles. The van der Waals surface area contributed by atoms with Crippen molar-refractivity contribution in [3.05, 3.63) is 60.7 Å². The molecule has 31 heavy (non-hydrogen) atoms. The largest absolute Gasteiger partial charge is 0.367 e. The van der Waals surface area contributed by atoms with Crippen LogP contribution in [0.15, 0.2) is 49.3 Å². The summed E-state index contributed by atoms with van der Waals surface area (Å²) in [5.41, 5.74) is 6.96. The first-order chi connectivity index (χ1) is 15.1. The van der Waals surface area contributed by atoms with Gasteiger partial charge in [-0.05, 0) is 37.7 Å². The van der Waals surface area contributed by atoms with Crippen LogP contribution in [0.2, 0.25) is 0 Å². The van der Waals surface area contributed by atoms with Gasteiger partial charge in [0, 0.05) is 49.0 Å². The molecule has 0 amide bonds. The van der Waals surface area contributed by atoms with Gasteiger partial charge in [-0.25, -0.2) is 4.98 Å². The van der Waals surface area contributed by atoms with E-state index in [0.29, 0.717) is 0 Å². The summed E-state index contributed by atoms with van der Waals surface area (Å²) in [5.74, 6) is 0.757. The number of hydrogen-bond donors (Lipinski definition) is 3. The fourth-order valence-electron chi connectivity index (χ4n) is 4.10. The predicted molar refractivity (Wildman–Crippen MR) is 123 cm³/mol. The number of hydrogen-bond acceptors (Lipinski definition) is 5. The molecule has 1 aliphatic rings. The third kappa shape index (κ3) is 3.55. The SMILES string of the molecule is C=C/C=C(\c1nc(-c2n[nH]c3ccc(-c4cn[nH]c4)cc23)[nH]c1C)N1CCN(C)CC1. The fraction of sp³-hybridized carbons (Fsp3) is 0.261. The molecular weight excluding hydrogens is 388 g/mol. The lowest BCUT2D eigenvalue weighted by molar-refractivity contribution is 0.207. The van der Waals surface area contributed by atoms with Crippen molar-refractivity contribution in [3.63, 3.8) is 0 Å². The zero-order valence-electron chi connectivity index (χ0n) is 17.8. The molecule has 3 aromatic heterocycles. The van der Waals surface area contributed by atoms with Gasteiger partial charge in [0.15, 0.2) is 5.82 Å². The molecule has 5 rings (SSSR count). The maximum absolute atomic E-state index is 4.98. The molecule has 158 valence electrons. The van der Waals surface area contributed by atoms with Crippen molar-refractivity contribution in [1.29, 1.82) is 0 Å². The third-order valence-electron chi connectivity index (χ3n) is 5.87. The summed E-state index contributed by atoms with van der Waals surface area (Å²) >= 11 is 0. The Kier molecular flexibility index (Phi) is 4.91. The van der Waals surface area contributed by atoms with Crippen LogP contribution in [-0.2, 0) is 0 Å². The molecule has 4 aromatic rings. The number of piperazine rings is 1. The number of aromatic nitrogens is 6. The minimum atomic E-state index is 0.757. The predicted octanol–water partition coefficient (Wildman–Crippen LogP) is 3.43. The highest BCUT2D eigenvalue weighted by Gasteiger charge is 2.22. The van der Waals surface area contributed by atoms with E-state index in [4.69, 9.17) is 4.98 Å². The normalized spacial score (nSPS) is 15.7. The Labute approximate surface area is 180 Å². The number of H-pyrrole nitrogens is 3. The average molecular weight is 415 g/mol. The number of nitrogens with zero attached hydrogens (tertiary/aromatic N) is 5. The fourth-order valence-corrected chi connectivity index (χ4v) is 4.10. The first-order valence-corrected chi connectivity index (χ1v) is 10.4. The van der Waals surface area contributed by atoms with Gasteiger partial charge in [0.2, 0.25) is 0 Å². The van der Waals surface area contributed by atoms with Crippen LogP contribution in [0.1, 0.15) is 11.4 Å². The minimum absolute atomic E-state index is 0.757. The Morgan fingerprint density at radius 3 is 2.74 bits per heavy atom. The Balaban J connectivity index is 1.54. The van der Waals surface area contributed by atoms with E-state index in [9.17, 15) is 0 Å². The van der Waals surface area contributed by atoms with Crippen molar-refractivity contribution < 1.29 is 0 Å². The summed E-state index contributed by atoms with van der Waals surface area (Å²) in [4.78, 5) is 13.2. The molecule has 1 aliphatic heterocycles. The van der Waals surface area contributed by atoms with Crippen molar-refractivity contribution in [1.82, 2.24) is 40.2 Å². The minimum Gasteiger partial charge on any atom is -0.367 e. The van der Waals surface area contributed by atoms with Crippen LogP contribution in [0, 0.1) is 6.92 Å². The van der Waals surface area contributed by atoms with E-state index in [1.54, 1.807) is 0 Å².